The molecule has 17 heavy (non-hydrogen) atoms. The SMILES string of the molecule is CP(C)(=O)OCC(=O)c1cn[nH]c1C(F)(F)F. The normalized spacial score (nSPS) is 12.8. The van der Waals surface area contributed by atoms with Gasteiger partial charge >= 0.3 is 6.18 Å². The van der Waals surface area contributed by atoms with Gasteiger partial charge in [-0.3, -0.25) is 14.5 Å². The predicted molar refractivity (Wildman–Crippen MR) is 53.3 cm³/mol. The average molecular weight is 270 g/mol. The highest BCUT2D eigenvalue weighted by atomic mass is 31.2. The molecule has 0 radical (unpaired) electrons. The van der Waals surface area contributed by atoms with Gasteiger partial charge in [-0.05, 0) is 0 Å². The summed E-state index contributed by atoms with van der Waals surface area (Å²) < 4.78 is 53.0. The van der Waals surface area contributed by atoms with Crippen LogP contribution in [0.1, 0.15) is 16.1 Å². The first kappa shape index (κ1) is 13.9. The molecule has 1 aromatic heterocycles. The molecule has 9 heteroatoms. The Labute approximate surface area is 94.8 Å². The number of aromatic amines is 1. The van der Waals surface area contributed by atoms with E-state index in [2.05, 4.69) is 9.62 Å². The van der Waals surface area contributed by atoms with E-state index in [1.807, 2.05) is 0 Å². The summed E-state index contributed by atoms with van der Waals surface area (Å²) in [6, 6.07) is 0. The van der Waals surface area contributed by atoms with Gasteiger partial charge in [0.1, 0.15) is 6.61 Å². The Morgan fingerprint density at radius 1 is 1.53 bits per heavy atom. The fourth-order valence-corrected chi connectivity index (χ4v) is 1.43. The molecule has 0 aromatic carbocycles. The van der Waals surface area contributed by atoms with Crippen LogP contribution in [0, 0.1) is 0 Å². The van der Waals surface area contributed by atoms with Crippen LogP contribution in [0.2, 0.25) is 0 Å². The van der Waals surface area contributed by atoms with Gasteiger partial charge in [0.15, 0.2) is 18.8 Å². The second-order valence-corrected chi connectivity index (χ2v) is 6.37. The average Bonchev–Trinajstić information content (AvgIpc) is 2.60. The molecule has 0 fully saturated rings. The number of alkyl halides is 3. The highest BCUT2D eigenvalue weighted by Crippen LogP contribution is 2.37. The quantitative estimate of drug-likeness (QED) is 0.672. The Hall–Kier alpha value is -1.14. The molecule has 0 saturated carbocycles. The minimum Gasteiger partial charge on any atom is -0.320 e. The first-order valence-electron chi connectivity index (χ1n) is 4.44. The van der Waals surface area contributed by atoms with Crippen LogP contribution in [0.4, 0.5) is 13.2 Å². The van der Waals surface area contributed by atoms with E-state index < -0.39 is 37.2 Å². The smallest absolute Gasteiger partial charge is 0.320 e. The third kappa shape index (κ3) is 3.98. The first-order chi connectivity index (χ1) is 7.61. The molecular weight excluding hydrogens is 260 g/mol. The van der Waals surface area contributed by atoms with Crippen molar-refractivity contribution >= 4 is 13.2 Å². The molecule has 1 N–H and O–H groups in total. The van der Waals surface area contributed by atoms with Crippen molar-refractivity contribution < 1.29 is 27.1 Å². The topological polar surface area (TPSA) is 72.1 Å². The van der Waals surface area contributed by atoms with E-state index in [4.69, 9.17) is 0 Å². The zero-order valence-electron chi connectivity index (χ0n) is 9.04. The zero-order chi connectivity index (χ0) is 13.3. The molecule has 1 aromatic rings. The molecular formula is C8H10F3N2O3P. The number of carbonyl (C=O) groups excluding carboxylic acids is 1. The van der Waals surface area contributed by atoms with Gasteiger partial charge in [-0.1, -0.05) is 0 Å². The van der Waals surface area contributed by atoms with E-state index in [0.717, 1.165) is 6.20 Å². The number of hydrogen-bond donors (Lipinski definition) is 1. The molecule has 96 valence electrons. The molecule has 0 bridgehead atoms. The monoisotopic (exact) mass is 270 g/mol. The number of Topliss-reactive ketones (excluding diaryl/α,β-unsaturated/α-hetero) is 1. The van der Waals surface area contributed by atoms with Crippen molar-refractivity contribution in [2.75, 3.05) is 19.9 Å². The van der Waals surface area contributed by atoms with Gasteiger partial charge in [-0.25, -0.2) is 0 Å². The van der Waals surface area contributed by atoms with E-state index in [1.54, 1.807) is 5.10 Å². The lowest BCUT2D eigenvalue weighted by molar-refractivity contribution is -0.141. The molecule has 1 heterocycles. The third-order valence-electron chi connectivity index (χ3n) is 1.73. The first-order valence-corrected chi connectivity index (χ1v) is 6.96. The number of rotatable bonds is 4. The summed E-state index contributed by atoms with van der Waals surface area (Å²) in [4.78, 5) is 11.4. The highest BCUT2D eigenvalue weighted by Gasteiger charge is 2.37. The number of ketones is 1. The fourth-order valence-electron chi connectivity index (χ4n) is 1.01. The Morgan fingerprint density at radius 3 is 2.59 bits per heavy atom. The zero-order valence-corrected chi connectivity index (χ0v) is 9.93. The van der Waals surface area contributed by atoms with Crippen molar-refractivity contribution in [1.82, 2.24) is 10.2 Å². The van der Waals surface area contributed by atoms with Gasteiger partial charge in [0.25, 0.3) is 0 Å². The van der Waals surface area contributed by atoms with Crippen LogP contribution in [-0.2, 0) is 15.3 Å². The summed E-state index contributed by atoms with van der Waals surface area (Å²) in [5.74, 6) is -0.921. The number of aromatic nitrogens is 2. The van der Waals surface area contributed by atoms with Crippen LogP contribution in [0.5, 0.6) is 0 Å². The minimum atomic E-state index is -4.69. The van der Waals surface area contributed by atoms with E-state index in [-0.39, 0.29) is 0 Å². The van der Waals surface area contributed by atoms with Crippen molar-refractivity contribution in [2.24, 2.45) is 0 Å². The maximum absolute atomic E-state index is 12.4. The number of H-pyrrole nitrogens is 1. The number of nitrogens with one attached hydrogen (secondary N) is 1. The van der Waals surface area contributed by atoms with Crippen LogP contribution in [0.3, 0.4) is 0 Å². The van der Waals surface area contributed by atoms with E-state index >= 15 is 0 Å². The molecule has 0 atom stereocenters. The van der Waals surface area contributed by atoms with Crippen LogP contribution in [-0.4, -0.2) is 35.9 Å². The molecule has 0 unspecified atom stereocenters. The largest absolute Gasteiger partial charge is 0.433 e. The molecule has 0 aliphatic rings. The van der Waals surface area contributed by atoms with Gasteiger partial charge < -0.3 is 4.52 Å². The highest BCUT2D eigenvalue weighted by molar-refractivity contribution is 7.57. The number of nitrogens with zero attached hydrogens (tertiary/aromatic N) is 1. The summed E-state index contributed by atoms with van der Waals surface area (Å²) in [5.41, 5.74) is -1.85. The van der Waals surface area contributed by atoms with Crippen molar-refractivity contribution in [1.29, 1.82) is 0 Å². The third-order valence-corrected chi connectivity index (χ3v) is 2.48. The van der Waals surface area contributed by atoms with E-state index in [0.29, 0.717) is 0 Å². The lowest BCUT2D eigenvalue weighted by Gasteiger charge is -2.08. The van der Waals surface area contributed by atoms with Crippen LogP contribution in [0.25, 0.3) is 0 Å². The summed E-state index contributed by atoms with van der Waals surface area (Å²) in [5, 5.41) is 4.87. The summed E-state index contributed by atoms with van der Waals surface area (Å²) in [7, 11) is -2.91. The van der Waals surface area contributed by atoms with Crippen LogP contribution < -0.4 is 0 Å². The second-order valence-electron chi connectivity index (χ2n) is 3.61. The minimum absolute atomic E-state index is 0.619. The number of halogens is 3. The second kappa shape index (κ2) is 4.62. The standard InChI is InChI=1S/C8H10F3N2O3P/c1-17(2,15)16-4-6(14)5-3-12-13-7(5)8(9,10)11/h3H,4H2,1-2H3,(H,12,13). The molecule has 1 rings (SSSR count). The van der Waals surface area contributed by atoms with E-state index in [9.17, 15) is 22.5 Å². The summed E-state index contributed by atoms with van der Waals surface area (Å²) in [6.45, 7) is 1.85. The Kier molecular flexibility index (Phi) is 3.78. The Balaban J connectivity index is 2.84. The van der Waals surface area contributed by atoms with Crippen molar-refractivity contribution in [3.05, 3.63) is 17.5 Å². The van der Waals surface area contributed by atoms with Gasteiger partial charge in [0.05, 0.1) is 11.8 Å². The number of hydrogen-bond acceptors (Lipinski definition) is 4. The lowest BCUT2D eigenvalue weighted by Crippen LogP contribution is -2.15. The van der Waals surface area contributed by atoms with Gasteiger partial charge in [-0.15, -0.1) is 0 Å². The lowest BCUT2D eigenvalue weighted by atomic mass is 10.1. The van der Waals surface area contributed by atoms with Crippen molar-refractivity contribution in [3.8, 4) is 0 Å². The van der Waals surface area contributed by atoms with E-state index in [1.165, 1.54) is 13.3 Å². The molecule has 0 saturated heterocycles. The maximum atomic E-state index is 12.4. The summed E-state index contributed by atoms with van der Waals surface area (Å²) >= 11 is 0. The van der Waals surface area contributed by atoms with Crippen LogP contribution >= 0.6 is 7.37 Å². The number of carbonyl (C=O) groups is 1. The molecule has 0 aliphatic heterocycles. The molecule has 0 spiro atoms. The fraction of sp³-hybridized carbons (Fsp3) is 0.500. The van der Waals surface area contributed by atoms with Crippen LogP contribution in [0.15, 0.2) is 6.20 Å². The van der Waals surface area contributed by atoms with Gasteiger partial charge in [0.2, 0.25) is 0 Å². The molecule has 0 aliphatic carbocycles. The van der Waals surface area contributed by atoms with Crippen molar-refractivity contribution in [3.63, 3.8) is 0 Å². The molecule has 5 nitrogen and oxygen atoms in total. The maximum Gasteiger partial charge on any atom is 0.433 e. The molecule has 0 amide bonds. The predicted octanol–water partition coefficient (Wildman–Crippen LogP) is 2.17. The van der Waals surface area contributed by atoms with Gasteiger partial charge in [-0.2, -0.15) is 18.3 Å². The Morgan fingerprint density at radius 2 is 2.12 bits per heavy atom. The van der Waals surface area contributed by atoms with Gasteiger partial charge in [0, 0.05) is 13.3 Å². The summed E-state index contributed by atoms with van der Waals surface area (Å²) in [6.07, 6.45) is -3.92. The van der Waals surface area contributed by atoms with Crippen molar-refractivity contribution in [2.45, 2.75) is 6.18 Å². The Bertz CT molecular complexity index is 463.